The summed E-state index contributed by atoms with van der Waals surface area (Å²) >= 11 is 0. The van der Waals surface area contributed by atoms with Gasteiger partial charge in [-0.1, -0.05) is 48.5 Å². The number of ether oxygens (including phenoxy) is 1. The molecular weight excluding hydrogens is 364 g/mol. The third-order valence-electron chi connectivity index (χ3n) is 4.56. The molecule has 0 aliphatic heterocycles. The Morgan fingerprint density at radius 1 is 0.862 bits per heavy atom. The van der Waals surface area contributed by atoms with Gasteiger partial charge in [0.1, 0.15) is 5.75 Å². The zero-order valence-electron chi connectivity index (χ0n) is 16.6. The summed E-state index contributed by atoms with van der Waals surface area (Å²) in [5, 5.41) is 5.63. The molecule has 3 aromatic carbocycles. The van der Waals surface area contributed by atoms with Crippen LogP contribution < -0.4 is 15.4 Å². The topological polar surface area (TPSA) is 67.4 Å². The fourth-order valence-electron chi connectivity index (χ4n) is 3.16. The number of carbonyl (C=O) groups is 2. The number of nitrogens with one attached hydrogen (secondary N) is 2. The molecule has 0 fully saturated rings. The molecule has 0 bridgehead atoms. The normalized spacial score (nSPS) is 10.3. The van der Waals surface area contributed by atoms with Crippen LogP contribution in [0.25, 0.3) is 0 Å². The third kappa shape index (κ3) is 5.45. The number of methoxy groups -OCH3 is 1. The highest BCUT2D eigenvalue weighted by atomic mass is 16.5. The van der Waals surface area contributed by atoms with Crippen LogP contribution in [0.2, 0.25) is 0 Å². The van der Waals surface area contributed by atoms with Crippen molar-refractivity contribution >= 4 is 23.2 Å². The first-order chi connectivity index (χ1) is 14.1. The number of hydrogen-bond donors (Lipinski definition) is 2. The van der Waals surface area contributed by atoms with Crippen molar-refractivity contribution in [2.24, 2.45) is 0 Å². The maximum atomic E-state index is 12.9. The molecule has 0 radical (unpaired) electrons. The number of anilines is 2. The Kier molecular flexibility index (Phi) is 6.63. The van der Waals surface area contributed by atoms with E-state index in [4.69, 9.17) is 4.74 Å². The molecule has 0 heterocycles. The first-order valence-electron chi connectivity index (χ1n) is 9.45. The third-order valence-corrected chi connectivity index (χ3v) is 4.56. The predicted octanol–water partition coefficient (Wildman–Crippen LogP) is 4.69. The van der Waals surface area contributed by atoms with Crippen LogP contribution in [0.15, 0.2) is 72.8 Å². The Labute approximate surface area is 170 Å². The summed E-state index contributed by atoms with van der Waals surface area (Å²) in [5.41, 5.74) is 3.95. The number of benzene rings is 3. The van der Waals surface area contributed by atoms with Gasteiger partial charge in [0, 0.05) is 18.2 Å². The Morgan fingerprint density at radius 2 is 1.59 bits per heavy atom. The average Bonchev–Trinajstić information content (AvgIpc) is 2.73. The largest absolute Gasteiger partial charge is 0.495 e. The molecule has 2 N–H and O–H groups in total. The van der Waals surface area contributed by atoms with Gasteiger partial charge in [-0.2, -0.15) is 0 Å². The van der Waals surface area contributed by atoms with Crippen molar-refractivity contribution in [1.82, 2.24) is 0 Å². The highest BCUT2D eigenvalue weighted by Gasteiger charge is 2.13. The molecule has 0 spiro atoms. The molecule has 0 aliphatic rings. The molecule has 29 heavy (non-hydrogen) atoms. The first-order valence-corrected chi connectivity index (χ1v) is 9.45. The molecular formula is C24H24N2O3. The van der Waals surface area contributed by atoms with Crippen LogP contribution in [0.5, 0.6) is 5.75 Å². The van der Waals surface area contributed by atoms with Gasteiger partial charge < -0.3 is 15.4 Å². The van der Waals surface area contributed by atoms with Crippen LogP contribution in [-0.2, 0) is 17.6 Å². The van der Waals surface area contributed by atoms with Crippen molar-refractivity contribution in [1.29, 1.82) is 0 Å². The summed E-state index contributed by atoms with van der Waals surface area (Å²) in [7, 11) is 1.53. The van der Waals surface area contributed by atoms with Crippen molar-refractivity contribution in [3.8, 4) is 5.75 Å². The Morgan fingerprint density at radius 3 is 2.31 bits per heavy atom. The molecule has 0 atom stereocenters. The van der Waals surface area contributed by atoms with E-state index in [0.717, 1.165) is 18.4 Å². The molecule has 148 valence electrons. The molecule has 0 aliphatic carbocycles. The lowest BCUT2D eigenvalue weighted by molar-refractivity contribution is -0.114. The molecule has 0 saturated heterocycles. The van der Waals surface area contributed by atoms with E-state index in [1.807, 2.05) is 42.5 Å². The van der Waals surface area contributed by atoms with E-state index in [9.17, 15) is 9.59 Å². The number of rotatable bonds is 7. The van der Waals surface area contributed by atoms with E-state index >= 15 is 0 Å². The van der Waals surface area contributed by atoms with Crippen molar-refractivity contribution < 1.29 is 14.3 Å². The highest BCUT2D eigenvalue weighted by molar-refractivity contribution is 6.05. The number of hydrogen-bond acceptors (Lipinski definition) is 3. The van der Waals surface area contributed by atoms with Gasteiger partial charge in [-0.15, -0.1) is 0 Å². The second kappa shape index (κ2) is 9.55. The standard InChI is InChI=1S/C24H24N2O3/c1-17(27)25-22-16-20(14-15-23(22)29-2)26-24(28)21-11-7-6-10-19(21)13-12-18-8-4-3-5-9-18/h3-11,14-16H,12-13H2,1-2H3,(H,25,27)(H,26,28). The minimum Gasteiger partial charge on any atom is -0.495 e. The highest BCUT2D eigenvalue weighted by Crippen LogP contribution is 2.28. The minimum atomic E-state index is -0.210. The summed E-state index contributed by atoms with van der Waals surface area (Å²) in [4.78, 5) is 24.3. The van der Waals surface area contributed by atoms with Crippen LogP contribution in [-0.4, -0.2) is 18.9 Å². The van der Waals surface area contributed by atoms with Crippen LogP contribution in [0, 0.1) is 0 Å². The lowest BCUT2D eigenvalue weighted by Crippen LogP contribution is -2.15. The summed E-state index contributed by atoms with van der Waals surface area (Å²) in [5.74, 6) is 0.132. The van der Waals surface area contributed by atoms with Crippen LogP contribution in [0.1, 0.15) is 28.4 Å². The monoisotopic (exact) mass is 388 g/mol. The molecule has 5 heteroatoms. The lowest BCUT2D eigenvalue weighted by Gasteiger charge is -2.13. The number of amides is 2. The van der Waals surface area contributed by atoms with Gasteiger partial charge >= 0.3 is 0 Å². The van der Waals surface area contributed by atoms with Crippen LogP contribution >= 0.6 is 0 Å². The second-order valence-corrected chi connectivity index (χ2v) is 6.69. The molecule has 0 aromatic heterocycles. The van der Waals surface area contributed by atoms with Crippen molar-refractivity contribution in [3.63, 3.8) is 0 Å². The van der Waals surface area contributed by atoms with Crippen molar-refractivity contribution in [2.45, 2.75) is 19.8 Å². The fourth-order valence-corrected chi connectivity index (χ4v) is 3.16. The second-order valence-electron chi connectivity index (χ2n) is 6.69. The summed E-state index contributed by atoms with van der Waals surface area (Å²) in [6, 6.07) is 23.0. The zero-order valence-corrected chi connectivity index (χ0v) is 16.6. The summed E-state index contributed by atoms with van der Waals surface area (Å²) < 4.78 is 5.26. The molecule has 2 amide bonds. The van der Waals surface area contributed by atoms with Gasteiger partial charge in [-0.05, 0) is 48.2 Å². The van der Waals surface area contributed by atoms with Gasteiger partial charge in [0.15, 0.2) is 0 Å². The Balaban J connectivity index is 1.76. The lowest BCUT2D eigenvalue weighted by atomic mass is 9.99. The van der Waals surface area contributed by atoms with Gasteiger partial charge in [0.2, 0.25) is 5.91 Å². The van der Waals surface area contributed by atoms with Gasteiger partial charge in [0.05, 0.1) is 12.8 Å². The summed E-state index contributed by atoms with van der Waals surface area (Å²) in [6.45, 7) is 1.42. The minimum absolute atomic E-state index is 0.187. The molecule has 3 aromatic rings. The fraction of sp³-hybridized carbons (Fsp3) is 0.167. The average molecular weight is 388 g/mol. The number of carbonyl (C=O) groups excluding carboxylic acids is 2. The van der Waals surface area contributed by atoms with Gasteiger partial charge in [0.25, 0.3) is 5.91 Å². The quantitative estimate of drug-likeness (QED) is 0.617. The van der Waals surface area contributed by atoms with Crippen LogP contribution in [0.3, 0.4) is 0 Å². The SMILES string of the molecule is COc1ccc(NC(=O)c2ccccc2CCc2ccccc2)cc1NC(C)=O. The van der Waals surface area contributed by atoms with E-state index in [2.05, 4.69) is 22.8 Å². The summed E-state index contributed by atoms with van der Waals surface area (Å²) in [6.07, 6.45) is 1.63. The van der Waals surface area contributed by atoms with E-state index in [-0.39, 0.29) is 11.8 Å². The van der Waals surface area contributed by atoms with E-state index in [1.54, 1.807) is 18.2 Å². The molecule has 3 rings (SSSR count). The van der Waals surface area contributed by atoms with Crippen molar-refractivity contribution in [2.75, 3.05) is 17.7 Å². The first kappa shape index (κ1) is 20.1. The Bertz CT molecular complexity index is 1000. The number of aryl methyl sites for hydroxylation is 2. The van der Waals surface area contributed by atoms with Crippen LogP contribution in [0.4, 0.5) is 11.4 Å². The maximum absolute atomic E-state index is 12.9. The smallest absolute Gasteiger partial charge is 0.255 e. The van der Waals surface area contributed by atoms with Crippen molar-refractivity contribution in [3.05, 3.63) is 89.5 Å². The zero-order chi connectivity index (χ0) is 20.6. The molecule has 0 unspecified atom stereocenters. The van der Waals surface area contributed by atoms with Gasteiger partial charge in [-0.25, -0.2) is 0 Å². The Hall–Kier alpha value is -3.60. The molecule has 0 saturated carbocycles. The van der Waals surface area contributed by atoms with E-state index < -0.39 is 0 Å². The maximum Gasteiger partial charge on any atom is 0.255 e. The molecule has 5 nitrogen and oxygen atoms in total. The van der Waals surface area contributed by atoms with Gasteiger partial charge in [-0.3, -0.25) is 9.59 Å². The van der Waals surface area contributed by atoms with E-state index in [0.29, 0.717) is 22.7 Å². The predicted molar refractivity (Wildman–Crippen MR) is 116 cm³/mol. The van der Waals surface area contributed by atoms with E-state index in [1.165, 1.54) is 19.6 Å².